The highest BCUT2D eigenvalue weighted by molar-refractivity contribution is 5.56. The fraction of sp³-hybridized carbons (Fsp3) is 0.952. The molecule has 0 radical (unpaired) electrons. The molecule has 204 valence electrons. The molecule has 2 heterocycles. The third kappa shape index (κ3) is 5.70. The maximum atomic E-state index is 10.9. The second-order valence-corrected chi connectivity index (χ2v) is 9.63. The van der Waals surface area contributed by atoms with E-state index >= 15 is 0 Å². The van der Waals surface area contributed by atoms with Gasteiger partial charge in [-0.25, -0.2) is 0 Å². The lowest BCUT2D eigenvalue weighted by Gasteiger charge is -2.56. The van der Waals surface area contributed by atoms with E-state index in [9.17, 15) is 50.8 Å². The van der Waals surface area contributed by atoms with Crippen molar-refractivity contribution < 1.29 is 69.7 Å². The second-order valence-electron chi connectivity index (χ2n) is 9.63. The quantitative estimate of drug-likeness (QED) is 0.125. The van der Waals surface area contributed by atoms with E-state index in [1.54, 1.807) is 0 Å². The molecule has 14 heteroatoms. The van der Waals surface area contributed by atoms with Crippen LogP contribution in [0, 0.1) is 11.8 Å². The van der Waals surface area contributed by atoms with Crippen LogP contribution in [0.1, 0.15) is 19.8 Å². The van der Waals surface area contributed by atoms with E-state index in [0.717, 1.165) is 0 Å². The molecule has 14 atom stereocenters. The Hall–Kier alpha value is -0.850. The lowest BCUT2D eigenvalue weighted by Crippen LogP contribution is -2.67. The average Bonchev–Trinajstić information content (AvgIpc) is 2.83. The number of rotatable bonds is 10. The minimum atomic E-state index is -1.75. The fourth-order valence-electron chi connectivity index (χ4n) is 5.24. The summed E-state index contributed by atoms with van der Waals surface area (Å²) in [4.78, 5) is 10.9. The number of hydrogen-bond acceptors (Lipinski definition) is 14. The van der Waals surface area contributed by atoms with E-state index in [1.807, 2.05) is 0 Å². The molecule has 0 aromatic heterocycles. The van der Waals surface area contributed by atoms with Gasteiger partial charge < -0.3 is 69.7 Å². The number of carbonyl (C=O) groups excluding carboxylic acids is 1. The molecular weight excluding hydrogens is 476 g/mol. The lowest BCUT2D eigenvalue weighted by atomic mass is 9.59. The first kappa shape index (κ1) is 28.7. The smallest absolute Gasteiger partial charge is 0.187 e. The minimum absolute atomic E-state index is 0.0531. The van der Waals surface area contributed by atoms with Crippen LogP contribution >= 0.6 is 0 Å². The van der Waals surface area contributed by atoms with E-state index in [1.165, 1.54) is 6.92 Å². The van der Waals surface area contributed by atoms with Gasteiger partial charge >= 0.3 is 0 Å². The molecule has 14 nitrogen and oxygen atoms in total. The molecule has 0 bridgehead atoms. The van der Waals surface area contributed by atoms with Gasteiger partial charge in [-0.3, -0.25) is 0 Å². The Balaban J connectivity index is 1.72. The molecule has 1 aliphatic carbocycles. The summed E-state index contributed by atoms with van der Waals surface area (Å²) in [7, 11) is 0. The van der Waals surface area contributed by atoms with Crippen LogP contribution in [-0.4, -0.2) is 145 Å². The van der Waals surface area contributed by atoms with Crippen LogP contribution in [0.3, 0.4) is 0 Å². The van der Waals surface area contributed by atoms with E-state index in [0.29, 0.717) is 0 Å². The predicted molar refractivity (Wildman–Crippen MR) is 111 cm³/mol. The molecule has 1 saturated carbocycles. The third-order valence-electron chi connectivity index (χ3n) is 7.18. The SMILES string of the molecule is C[C@@]1(O[C@@H]2O[C@H](CO)[C@H](O[C@@H]3O[C@H](CO)C[C@H](O)[C@H]3O)[C@H](O)[C@H]2O)C[C@H](CO)C1C(O)[C@@H](O)C=O. The van der Waals surface area contributed by atoms with Crippen LogP contribution < -0.4 is 0 Å². The van der Waals surface area contributed by atoms with Gasteiger partial charge in [0.1, 0.15) is 36.6 Å². The second kappa shape index (κ2) is 11.7. The van der Waals surface area contributed by atoms with Crippen LogP contribution in [0.25, 0.3) is 0 Å². The van der Waals surface area contributed by atoms with Gasteiger partial charge in [0, 0.05) is 18.9 Å². The Labute approximate surface area is 201 Å². The van der Waals surface area contributed by atoms with E-state index < -0.39 is 98.2 Å². The molecule has 2 unspecified atom stereocenters. The van der Waals surface area contributed by atoms with Gasteiger partial charge in [0.05, 0.1) is 37.1 Å². The zero-order chi connectivity index (χ0) is 26.1. The van der Waals surface area contributed by atoms with Crippen molar-refractivity contribution in [3.63, 3.8) is 0 Å². The van der Waals surface area contributed by atoms with Crippen molar-refractivity contribution in [2.24, 2.45) is 11.8 Å². The van der Waals surface area contributed by atoms with Crippen molar-refractivity contribution in [3.8, 4) is 0 Å². The molecule has 3 rings (SSSR count). The zero-order valence-electron chi connectivity index (χ0n) is 19.2. The number of hydrogen-bond donors (Lipinski definition) is 9. The summed E-state index contributed by atoms with van der Waals surface area (Å²) in [6.07, 6.45) is -16.0. The molecule has 0 aromatic carbocycles. The van der Waals surface area contributed by atoms with Crippen molar-refractivity contribution in [3.05, 3.63) is 0 Å². The first-order valence-electron chi connectivity index (χ1n) is 11.5. The number of carbonyl (C=O) groups is 1. The molecule has 35 heavy (non-hydrogen) atoms. The summed E-state index contributed by atoms with van der Waals surface area (Å²) < 4.78 is 22.4. The van der Waals surface area contributed by atoms with E-state index in [2.05, 4.69) is 0 Å². The van der Waals surface area contributed by atoms with Gasteiger partial charge in [0.2, 0.25) is 0 Å². The molecule has 0 spiro atoms. The summed E-state index contributed by atoms with van der Waals surface area (Å²) in [6, 6.07) is 0. The maximum Gasteiger partial charge on any atom is 0.187 e. The molecule has 0 amide bonds. The number of aldehydes is 1. The highest BCUT2D eigenvalue weighted by Gasteiger charge is 2.59. The summed E-state index contributed by atoms with van der Waals surface area (Å²) in [5.74, 6) is -1.43. The highest BCUT2D eigenvalue weighted by Crippen LogP contribution is 2.50. The first-order chi connectivity index (χ1) is 16.5. The Bertz CT molecular complexity index is 695. The van der Waals surface area contributed by atoms with Crippen molar-refractivity contribution in [2.45, 2.75) is 92.9 Å². The normalized spacial score (nSPS) is 48.1. The molecule has 3 fully saturated rings. The van der Waals surface area contributed by atoms with Crippen molar-refractivity contribution in [1.82, 2.24) is 0 Å². The Morgan fingerprint density at radius 3 is 2.23 bits per heavy atom. The topological polar surface area (TPSA) is 236 Å². The summed E-state index contributed by atoms with van der Waals surface area (Å²) in [5, 5.41) is 90.4. The van der Waals surface area contributed by atoms with Crippen LogP contribution in [0.2, 0.25) is 0 Å². The minimum Gasteiger partial charge on any atom is -0.396 e. The Morgan fingerprint density at radius 2 is 1.66 bits per heavy atom. The fourth-order valence-corrected chi connectivity index (χ4v) is 5.24. The molecule has 3 aliphatic rings. The first-order valence-corrected chi connectivity index (χ1v) is 11.5. The van der Waals surface area contributed by atoms with E-state index in [-0.39, 0.29) is 25.7 Å². The summed E-state index contributed by atoms with van der Waals surface area (Å²) in [6.45, 7) is -0.0156. The van der Waals surface area contributed by atoms with Crippen molar-refractivity contribution >= 4 is 6.29 Å². The third-order valence-corrected chi connectivity index (χ3v) is 7.18. The van der Waals surface area contributed by atoms with Crippen LogP contribution in [0.4, 0.5) is 0 Å². The molecular formula is C21H36O14. The monoisotopic (exact) mass is 512 g/mol. The van der Waals surface area contributed by atoms with Gasteiger partial charge in [-0.15, -0.1) is 0 Å². The zero-order valence-corrected chi connectivity index (χ0v) is 19.2. The number of ether oxygens (including phenoxy) is 4. The largest absolute Gasteiger partial charge is 0.396 e. The number of aliphatic hydroxyl groups is 9. The predicted octanol–water partition coefficient (Wildman–Crippen LogP) is -5.04. The van der Waals surface area contributed by atoms with Gasteiger partial charge in [0.25, 0.3) is 0 Å². The lowest BCUT2D eigenvalue weighted by molar-refractivity contribution is -0.376. The number of aliphatic hydroxyl groups excluding tert-OH is 9. The highest BCUT2D eigenvalue weighted by atomic mass is 16.7. The van der Waals surface area contributed by atoms with Gasteiger partial charge in [0.15, 0.2) is 18.9 Å². The van der Waals surface area contributed by atoms with Crippen LogP contribution in [-0.2, 0) is 23.7 Å². The average molecular weight is 513 g/mol. The standard InChI is InChI=1S/C21H36O14/c1-21(3-8(4-22)13(21)14(28)11(27)6-24)35-20-17(31)16(30)18(12(7-25)33-20)34-19-15(29)10(26)2-9(5-23)32-19/h6,8-20,22-23,25-31H,2-5,7H2,1H3/t8-,9+,10+,11+,12-,13?,14?,15-,16-,17-,18+,19+,20+,21-/m1/s1. The summed E-state index contributed by atoms with van der Waals surface area (Å²) >= 11 is 0. The molecule has 2 aliphatic heterocycles. The van der Waals surface area contributed by atoms with Crippen LogP contribution in [0.5, 0.6) is 0 Å². The van der Waals surface area contributed by atoms with E-state index in [4.69, 9.17) is 18.9 Å². The Kier molecular flexibility index (Phi) is 9.59. The molecule has 9 N–H and O–H groups in total. The van der Waals surface area contributed by atoms with Crippen LogP contribution in [0.15, 0.2) is 0 Å². The molecule has 0 aromatic rings. The Morgan fingerprint density at radius 1 is 0.971 bits per heavy atom. The van der Waals surface area contributed by atoms with Gasteiger partial charge in [-0.1, -0.05) is 0 Å². The van der Waals surface area contributed by atoms with Gasteiger partial charge in [-0.05, 0) is 19.3 Å². The maximum absolute atomic E-state index is 10.9. The van der Waals surface area contributed by atoms with Crippen molar-refractivity contribution in [1.29, 1.82) is 0 Å². The van der Waals surface area contributed by atoms with Crippen molar-refractivity contribution in [2.75, 3.05) is 19.8 Å². The molecule has 2 saturated heterocycles. The van der Waals surface area contributed by atoms with Gasteiger partial charge in [-0.2, -0.15) is 0 Å². The summed E-state index contributed by atoms with van der Waals surface area (Å²) in [5.41, 5.74) is -1.28.